The molecule has 2 rings (SSSR count). The van der Waals surface area contributed by atoms with E-state index in [0.29, 0.717) is 18.5 Å². The monoisotopic (exact) mass is 280 g/mol. The molecule has 0 radical (unpaired) electrons. The van der Waals surface area contributed by atoms with E-state index in [1.165, 1.54) is 25.8 Å². The summed E-state index contributed by atoms with van der Waals surface area (Å²) in [4.78, 5) is 2.54. The van der Waals surface area contributed by atoms with Crippen molar-refractivity contribution in [3.05, 3.63) is 0 Å². The molecule has 2 unspecified atom stereocenters. The molecule has 1 N–H and O–H groups in total. The van der Waals surface area contributed by atoms with E-state index in [0.717, 1.165) is 19.5 Å². The summed E-state index contributed by atoms with van der Waals surface area (Å²) in [6.07, 6.45) is 1.44. The van der Waals surface area contributed by atoms with Gasteiger partial charge in [0.1, 0.15) is 6.61 Å². The lowest BCUT2D eigenvalue weighted by atomic mass is 9.99. The van der Waals surface area contributed by atoms with Crippen molar-refractivity contribution >= 4 is 0 Å². The first-order chi connectivity index (χ1) is 9.06. The second kappa shape index (κ2) is 6.90. The van der Waals surface area contributed by atoms with Gasteiger partial charge in [-0.15, -0.1) is 0 Å². The summed E-state index contributed by atoms with van der Waals surface area (Å²) in [5.41, 5.74) is 0. The first kappa shape index (κ1) is 15.1. The maximum absolute atomic E-state index is 11.8. The molecule has 2 saturated heterocycles. The zero-order valence-electron chi connectivity index (χ0n) is 11.2. The molecule has 0 aromatic heterocycles. The van der Waals surface area contributed by atoms with Gasteiger partial charge in [0.15, 0.2) is 0 Å². The fraction of sp³-hybridized carbons (Fsp3) is 1.00. The zero-order valence-corrected chi connectivity index (χ0v) is 11.2. The molecule has 0 saturated carbocycles. The van der Waals surface area contributed by atoms with Gasteiger partial charge in [-0.1, -0.05) is 6.42 Å². The van der Waals surface area contributed by atoms with E-state index in [-0.39, 0.29) is 6.61 Å². The first-order valence-corrected chi connectivity index (χ1v) is 7.18. The van der Waals surface area contributed by atoms with E-state index in [2.05, 4.69) is 15.0 Å². The maximum Gasteiger partial charge on any atom is 0.411 e. The largest absolute Gasteiger partial charge is 0.411 e. The summed E-state index contributed by atoms with van der Waals surface area (Å²) in [6, 6.07) is 1.16. The molecule has 3 nitrogen and oxygen atoms in total. The molecule has 2 atom stereocenters. The molecule has 6 heteroatoms. The van der Waals surface area contributed by atoms with Gasteiger partial charge in [-0.25, -0.2) is 0 Å². The predicted octanol–water partition coefficient (Wildman–Crippen LogP) is 2.17. The summed E-state index contributed by atoms with van der Waals surface area (Å²) < 4.78 is 40.1. The standard InChI is InChI=1S/C13H23F3N2O/c14-13(15,16)10-19-9-3-6-17-11-5-8-18-7-2-1-4-12(11)18/h11-12,17H,1-10H2. The van der Waals surface area contributed by atoms with Crippen LogP contribution in [0.5, 0.6) is 0 Å². The van der Waals surface area contributed by atoms with Gasteiger partial charge >= 0.3 is 6.18 Å². The summed E-state index contributed by atoms with van der Waals surface area (Å²) in [7, 11) is 0. The number of ether oxygens (including phenoxy) is 1. The Bertz CT molecular complexity index is 273. The van der Waals surface area contributed by atoms with Crippen molar-refractivity contribution in [3.63, 3.8) is 0 Å². The highest BCUT2D eigenvalue weighted by atomic mass is 19.4. The number of nitrogens with zero attached hydrogens (tertiary/aromatic N) is 1. The summed E-state index contributed by atoms with van der Waals surface area (Å²) >= 11 is 0. The molecule has 0 aromatic rings. The minimum absolute atomic E-state index is 0.174. The van der Waals surface area contributed by atoms with Crippen LogP contribution in [0.25, 0.3) is 0 Å². The fourth-order valence-electron chi connectivity index (χ4n) is 3.14. The van der Waals surface area contributed by atoms with Gasteiger partial charge in [0.2, 0.25) is 0 Å². The van der Waals surface area contributed by atoms with Gasteiger partial charge in [-0.05, 0) is 38.8 Å². The van der Waals surface area contributed by atoms with Crippen LogP contribution in [0.4, 0.5) is 13.2 Å². The first-order valence-electron chi connectivity index (χ1n) is 7.18. The summed E-state index contributed by atoms with van der Waals surface area (Å²) in [5, 5.41) is 3.48. The van der Waals surface area contributed by atoms with Gasteiger partial charge < -0.3 is 10.1 Å². The maximum atomic E-state index is 11.8. The molecule has 2 fully saturated rings. The zero-order chi connectivity index (χ0) is 13.7. The Morgan fingerprint density at radius 3 is 2.79 bits per heavy atom. The molecular weight excluding hydrogens is 257 g/mol. The summed E-state index contributed by atoms with van der Waals surface area (Å²) in [6.45, 7) is 2.15. The predicted molar refractivity (Wildman–Crippen MR) is 67.1 cm³/mol. The third-order valence-corrected chi connectivity index (χ3v) is 3.99. The Morgan fingerprint density at radius 1 is 1.16 bits per heavy atom. The van der Waals surface area contributed by atoms with E-state index < -0.39 is 12.8 Å². The van der Waals surface area contributed by atoms with Gasteiger partial charge in [-0.3, -0.25) is 4.90 Å². The third kappa shape index (κ3) is 4.93. The second-order valence-corrected chi connectivity index (χ2v) is 5.47. The Balaban J connectivity index is 1.54. The number of alkyl halides is 3. The van der Waals surface area contributed by atoms with Crippen LogP contribution in [0, 0.1) is 0 Å². The van der Waals surface area contributed by atoms with Crippen molar-refractivity contribution in [3.8, 4) is 0 Å². The van der Waals surface area contributed by atoms with Crippen LogP contribution in [0.15, 0.2) is 0 Å². The van der Waals surface area contributed by atoms with E-state index in [1.807, 2.05) is 0 Å². The number of hydrogen-bond acceptors (Lipinski definition) is 3. The minimum Gasteiger partial charge on any atom is -0.372 e. The summed E-state index contributed by atoms with van der Waals surface area (Å²) in [5.74, 6) is 0. The van der Waals surface area contributed by atoms with Crippen LogP contribution in [0.1, 0.15) is 32.1 Å². The van der Waals surface area contributed by atoms with E-state index >= 15 is 0 Å². The van der Waals surface area contributed by atoms with E-state index in [1.54, 1.807) is 0 Å². The number of rotatable bonds is 6. The topological polar surface area (TPSA) is 24.5 Å². The Morgan fingerprint density at radius 2 is 2.00 bits per heavy atom. The highest BCUT2D eigenvalue weighted by molar-refractivity contribution is 4.93. The molecule has 2 aliphatic heterocycles. The van der Waals surface area contributed by atoms with Gasteiger partial charge in [-0.2, -0.15) is 13.2 Å². The number of halogens is 3. The van der Waals surface area contributed by atoms with E-state index in [4.69, 9.17) is 0 Å². The lowest BCUT2D eigenvalue weighted by molar-refractivity contribution is -0.173. The number of fused-ring (bicyclic) bond motifs is 1. The van der Waals surface area contributed by atoms with Gasteiger partial charge in [0, 0.05) is 25.2 Å². The highest BCUT2D eigenvalue weighted by Crippen LogP contribution is 2.26. The molecule has 0 aliphatic carbocycles. The molecule has 0 bridgehead atoms. The Labute approximate surface area is 112 Å². The van der Waals surface area contributed by atoms with Crippen molar-refractivity contribution in [1.29, 1.82) is 0 Å². The lowest BCUT2D eigenvalue weighted by Gasteiger charge is -2.32. The Hall–Kier alpha value is -0.330. The van der Waals surface area contributed by atoms with Crippen LogP contribution in [0.3, 0.4) is 0 Å². The quantitative estimate of drug-likeness (QED) is 0.755. The highest BCUT2D eigenvalue weighted by Gasteiger charge is 2.34. The third-order valence-electron chi connectivity index (χ3n) is 3.99. The van der Waals surface area contributed by atoms with Crippen LogP contribution >= 0.6 is 0 Å². The molecule has 0 amide bonds. The number of nitrogens with one attached hydrogen (secondary N) is 1. The fourth-order valence-corrected chi connectivity index (χ4v) is 3.14. The average molecular weight is 280 g/mol. The van der Waals surface area contributed by atoms with Crippen molar-refractivity contribution in [2.45, 2.75) is 50.4 Å². The average Bonchev–Trinajstić information content (AvgIpc) is 2.76. The molecule has 112 valence electrons. The molecule has 2 heterocycles. The van der Waals surface area contributed by atoms with Crippen LogP contribution in [-0.4, -0.2) is 56.0 Å². The number of hydrogen-bond donors (Lipinski definition) is 1. The van der Waals surface area contributed by atoms with Gasteiger partial charge in [0.05, 0.1) is 0 Å². The van der Waals surface area contributed by atoms with Crippen molar-refractivity contribution in [1.82, 2.24) is 10.2 Å². The normalized spacial score (nSPS) is 28.6. The molecule has 2 aliphatic rings. The van der Waals surface area contributed by atoms with Crippen LogP contribution in [-0.2, 0) is 4.74 Å². The van der Waals surface area contributed by atoms with Crippen molar-refractivity contribution in [2.75, 3.05) is 32.8 Å². The van der Waals surface area contributed by atoms with Crippen LogP contribution in [0.2, 0.25) is 0 Å². The van der Waals surface area contributed by atoms with E-state index in [9.17, 15) is 13.2 Å². The molecule has 0 aromatic carbocycles. The van der Waals surface area contributed by atoms with Gasteiger partial charge in [0.25, 0.3) is 0 Å². The second-order valence-electron chi connectivity index (χ2n) is 5.47. The van der Waals surface area contributed by atoms with Crippen molar-refractivity contribution < 1.29 is 17.9 Å². The Kier molecular flexibility index (Phi) is 5.47. The van der Waals surface area contributed by atoms with Crippen LogP contribution < -0.4 is 5.32 Å². The molecular formula is C13H23F3N2O. The lowest BCUT2D eigenvalue weighted by Crippen LogP contribution is -2.45. The number of piperidine rings is 1. The van der Waals surface area contributed by atoms with Crippen molar-refractivity contribution in [2.24, 2.45) is 0 Å². The molecule has 0 spiro atoms. The molecule has 19 heavy (non-hydrogen) atoms. The smallest absolute Gasteiger partial charge is 0.372 e. The SMILES string of the molecule is FC(F)(F)COCCCNC1CCN2CCCCC12. The minimum atomic E-state index is -4.21.